The predicted octanol–water partition coefficient (Wildman–Crippen LogP) is 1.22. The largest absolute Gasteiger partial charge is 0.387 e. The molecule has 1 saturated heterocycles. The second kappa shape index (κ2) is 8.75. The minimum absolute atomic E-state index is 0.289. The first-order valence-corrected chi connectivity index (χ1v) is 13.0. The van der Waals surface area contributed by atoms with E-state index in [0.29, 0.717) is 16.7 Å². The molecule has 2 aliphatic heterocycles. The lowest BCUT2D eigenvalue weighted by atomic mass is 10.1. The minimum Gasteiger partial charge on any atom is -0.387 e. The number of imidazole rings is 1. The Labute approximate surface area is 204 Å². The number of fused-ring (bicyclic) bond motifs is 2. The molecule has 1 fully saturated rings. The van der Waals surface area contributed by atoms with Crippen molar-refractivity contribution in [3.63, 3.8) is 0 Å². The van der Waals surface area contributed by atoms with Crippen LogP contribution in [0.15, 0.2) is 39.9 Å². The average molecular weight is 507 g/mol. The van der Waals surface area contributed by atoms with Gasteiger partial charge >= 0.3 is 0 Å². The zero-order chi connectivity index (χ0) is 23.3. The summed E-state index contributed by atoms with van der Waals surface area (Å²) in [6.07, 6.45) is -0.374. The Morgan fingerprint density at radius 3 is 2.79 bits per heavy atom. The van der Waals surface area contributed by atoms with Crippen molar-refractivity contribution in [1.29, 1.82) is 0 Å². The fraction of sp³-hybridized carbons (Fsp3) is 0.476. The number of thiazole rings is 1. The van der Waals surface area contributed by atoms with Gasteiger partial charge in [0.2, 0.25) is 0 Å². The molecule has 0 unspecified atom stereocenters. The molecule has 4 N–H and O–H groups in total. The minimum atomic E-state index is -1.12. The number of rotatable bonds is 6. The number of benzene rings is 1. The molecule has 0 saturated carbocycles. The summed E-state index contributed by atoms with van der Waals surface area (Å²) in [4.78, 5) is 14.3. The molecule has 0 bridgehead atoms. The van der Waals surface area contributed by atoms with Crippen LogP contribution >= 0.6 is 35.9 Å². The summed E-state index contributed by atoms with van der Waals surface area (Å²) in [6.45, 7) is 4.13. The Hall–Kier alpha value is -1.83. The SMILES string of the molecule is CCC[C@]1(C)N=c2c(ncn2[C@@H]2O[C@H](CS)[C@@H](O)[C@H]2O)=C(N)N1Sc1nc2ccccc2s1. The van der Waals surface area contributed by atoms with Gasteiger partial charge < -0.3 is 20.7 Å². The van der Waals surface area contributed by atoms with Crippen LogP contribution in [0.5, 0.6) is 0 Å². The molecular formula is C21H26N6O3S3. The first-order chi connectivity index (χ1) is 15.9. The molecule has 33 heavy (non-hydrogen) atoms. The number of aliphatic hydroxyl groups is 2. The normalized spacial score (nSPS) is 29.5. The van der Waals surface area contributed by atoms with Gasteiger partial charge in [0.25, 0.3) is 0 Å². The number of hydrogen-bond donors (Lipinski definition) is 4. The third-order valence-corrected chi connectivity index (χ3v) is 8.66. The molecule has 5 atom stereocenters. The highest BCUT2D eigenvalue weighted by atomic mass is 32.2. The smallest absolute Gasteiger partial charge is 0.171 e. The van der Waals surface area contributed by atoms with E-state index >= 15 is 0 Å². The Balaban J connectivity index is 1.58. The van der Waals surface area contributed by atoms with Gasteiger partial charge in [-0.3, -0.25) is 8.87 Å². The molecule has 5 rings (SSSR count). The number of thiol groups is 1. The second-order valence-corrected chi connectivity index (χ2v) is 10.9. The van der Waals surface area contributed by atoms with E-state index in [1.54, 1.807) is 22.2 Å². The molecule has 0 radical (unpaired) electrons. The van der Waals surface area contributed by atoms with Gasteiger partial charge in [-0.25, -0.2) is 15.0 Å². The molecule has 2 aromatic heterocycles. The molecule has 4 heterocycles. The van der Waals surface area contributed by atoms with Crippen LogP contribution in [-0.4, -0.2) is 58.8 Å². The fourth-order valence-electron chi connectivity index (χ4n) is 4.32. The van der Waals surface area contributed by atoms with Gasteiger partial charge in [0, 0.05) is 17.7 Å². The Morgan fingerprint density at radius 2 is 2.09 bits per heavy atom. The summed E-state index contributed by atoms with van der Waals surface area (Å²) in [5, 5.41) is 21.4. The van der Waals surface area contributed by atoms with E-state index in [1.807, 2.05) is 29.4 Å². The van der Waals surface area contributed by atoms with Crippen molar-refractivity contribution in [3.8, 4) is 0 Å². The number of nitrogens with zero attached hydrogens (tertiary/aromatic N) is 5. The molecule has 0 spiro atoms. The van der Waals surface area contributed by atoms with E-state index in [-0.39, 0.29) is 5.75 Å². The Morgan fingerprint density at radius 1 is 1.30 bits per heavy atom. The van der Waals surface area contributed by atoms with E-state index < -0.39 is 30.2 Å². The lowest BCUT2D eigenvalue weighted by Crippen LogP contribution is -2.54. The first-order valence-electron chi connectivity index (χ1n) is 10.7. The molecule has 0 amide bonds. The van der Waals surface area contributed by atoms with Crippen LogP contribution < -0.4 is 16.6 Å². The zero-order valence-electron chi connectivity index (χ0n) is 18.2. The van der Waals surface area contributed by atoms with E-state index in [4.69, 9.17) is 20.4 Å². The third kappa shape index (κ3) is 3.82. The molecule has 9 nitrogen and oxygen atoms in total. The Kier molecular flexibility index (Phi) is 6.08. The van der Waals surface area contributed by atoms with Crippen molar-refractivity contribution >= 4 is 52.0 Å². The number of ether oxygens (including phenoxy) is 1. The van der Waals surface area contributed by atoms with Crippen LogP contribution in [0.2, 0.25) is 0 Å². The molecule has 1 aromatic carbocycles. The lowest BCUT2D eigenvalue weighted by Gasteiger charge is -2.39. The lowest BCUT2D eigenvalue weighted by molar-refractivity contribution is -0.0338. The van der Waals surface area contributed by atoms with Crippen molar-refractivity contribution < 1.29 is 14.9 Å². The molecular weight excluding hydrogens is 480 g/mol. The number of hydrogen-bond acceptors (Lipinski definition) is 11. The summed E-state index contributed by atoms with van der Waals surface area (Å²) in [7, 11) is 0. The first kappa shape index (κ1) is 22.9. The molecule has 2 aliphatic rings. The van der Waals surface area contributed by atoms with Crippen LogP contribution in [0.25, 0.3) is 16.0 Å². The summed E-state index contributed by atoms with van der Waals surface area (Å²) in [6, 6.07) is 8.02. The topological polar surface area (TPSA) is 122 Å². The van der Waals surface area contributed by atoms with Gasteiger partial charge in [-0.1, -0.05) is 25.5 Å². The van der Waals surface area contributed by atoms with E-state index in [2.05, 4.69) is 30.6 Å². The number of para-hydroxylation sites is 1. The summed E-state index contributed by atoms with van der Waals surface area (Å²) in [5.41, 5.74) is 7.47. The quantitative estimate of drug-likeness (QED) is 0.291. The van der Waals surface area contributed by atoms with E-state index in [9.17, 15) is 10.2 Å². The second-order valence-electron chi connectivity index (χ2n) is 8.35. The van der Waals surface area contributed by atoms with E-state index in [1.165, 1.54) is 11.9 Å². The summed E-state index contributed by atoms with van der Waals surface area (Å²) < 4.78 is 11.5. The van der Waals surface area contributed by atoms with Crippen LogP contribution in [0.1, 0.15) is 32.9 Å². The highest BCUT2D eigenvalue weighted by Gasteiger charge is 2.44. The van der Waals surface area contributed by atoms with Crippen LogP contribution in [-0.2, 0) is 4.74 Å². The number of nitrogens with two attached hydrogens (primary N) is 1. The van der Waals surface area contributed by atoms with E-state index in [0.717, 1.165) is 27.4 Å². The number of aromatic nitrogens is 3. The molecule has 12 heteroatoms. The van der Waals surface area contributed by atoms with Gasteiger partial charge in [0.1, 0.15) is 29.0 Å². The Bertz CT molecular complexity index is 1260. The third-order valence-electron chi connectivity index (χ3n) is 5.97. The average Bonchev–Trinajstić information content (AvgIpc) is 3.47. The van der Waals surface area contributed by atoms with Crippen molar-refractivity contribution in [2.45, 2.75) is 61.2 Å². The van der Waals surface area contributed by atoms with Gasteiger partial charge in [-0.15, -0.1) is 11.3 Å². The molecule has 3 aromatic rings. The van der Waals surface area contributed by atoms with Crippen molar-refractivity contribution in [3.05, 3.63) is 41.4 Å². The van der Waals surface area contributed by atoms with Gasteiger partial charge in [-0.05, 0) is 25.5 Å². The highest BCUT2D eigenvalue weighted by molar-refractivity contribution is 7.99. The van der Waals surface area contributed by atoms with Crippen molar-refractivity contribution in [2.24, 2.45) is 10.7 Å². The van der Waals surface area contributed by atoms with Gasteiger partial charge in [-0.2, -0.15) is 12.6 Å². The molecule has 176 valence electrons. The molecule has 0 aliphatic carbocycles. The van der Waals surface area contributed by atoms with Crippen molar-refractivity contribution in [1.82, 2.24) is 18.8 Å². The summed E-state index contributed by atoms with van der Waals surface area (Å²) in [5.74, 6) is 0.759. The van der Waals surface area contributed by atoms with Crippen LogP contribution in [0.4, 0.5) is 0 Å². The summed E-state index contributed by atoms with van der Waals surface area (Å²) >= 11 is 7.28. The maximum absolute atomic E-state index is 10.6. The van der Waals surface area contributed by atoms with Crippen LogP contribution in [0, 0.1) is 0 Å². The standard InChI is InChI=1S/C21H26N6O3S3/c1-3-8-21(2)25-18-14(23-10-26(18)19-16(29)15(28)12(9-31)30-19)17(22)27(21)33-20-24-11-6-4-5-7-13(11)32-20/h4-7,10,12,15-16,19,28-29,31H,3,8-9,22H2,1-2H3/t12-,15-,16-,19-,21-/m1/s1. The van der Waals surface area contributed by atoms with Gasteiger partial charge in [0.05, 0.1) is 22.6 Å². The van der Waals surface area contributed by atoms with Gasteiger partial charge in [0.15, 0.2) is 16.1 Å². The predicted molar refractivity (Wildman–Crippen MR) is 131 cm³/mol. The highest BCUT2D eigenvalue weighted by Crippen LogP contribution is 2.40. The fourth-order valence-corrected chi connectivity index (χ4v) is 6.77. The monoisotopic (exact) mass is 506 g/mol. The zero-order valence-corrected chi connectivity index (χ0v) is 20.7. The maximum Gasteiger partial charge on any atom is 0.171 e. The number of aliphatic hydroxyl groups excluding tert-OH is 2. The van der Waals surface area contributed by atoms with Crippen LogP contribution in [0.3, 0.4) is 0 Å². The maximum atomic E-state index is 10.6. The van der Waals surface area contributed by atoms with Crippen molar-refractivity contribution in [2.75, 3.05) is 5.75 Å².